The molecule has 3 nitrogen and oxygen atoms in total. The van der Waals surface area contributed by atoms with Crippen LogP contribution in [0.5, 0.6) is 0 Å². The van der Waals surface area contributed by atoms with E-state index in [1.54, 1.807) is 36.4 Å². The van der Waals surface area contributed by atoms with Gasteiger partial charge in [0.2, 0.25) is 0 Å². The van der Waals surface area contributed by atoms with Crippen molar-refractivity contribution in [3.63, 3.8) is 0 Å². The normalized spacial score (nSPS) is 10.2. The Hall–Kier alpha value is -2.07. The van der Waals surface area contributed by atoms with Crippen molar-refractivity contribution >= 4 is 23.2 Å². The summed E-state index contributed by atoms with van der Waals surface area (Å²) in [4.78, 5) is 11.6. The van der Waals surface area contributed by atoms with Gasteiger partial charge >= 0.3 is 0 Å². The number of nitrogens with one attached hydrogen (secondary N) is 2. The predicted octanol–water partition coefficient (Wildman–Crippen LogP) is 3.84. The SMILES string of the molecule is CCNC(=O)c1ccc(NCc2ccc(Cl)cc2F)cc1. The predicted molar refractivity (Wildman–Crippen MR) is 83.2 cm³/mol. The van der Waals surface area contributed by atoms with Gasteiger partial charge in [-0.25, -0.2) is 4.39 Å². The van der Waals surface area contributed by atoms with E-state index in [-0.39, 0.29) is 11.7 Å². The molecule has 0 atom stereocenters. The van der Waals surface area contributed by atoms with Crippen LogP contribution in [0.25, 0.3) is 0 Å². The number of carbonyl (C=O) groups excluding carboxylic acids is 1. The van der Waals surface area contributed by atoms with Gasteiger partial charge in [0.15, 0.2) is 0 Å². The molecule has 0 saturated carbocycles. The molecule has 110 valence electrons. The third kappa shape index (κ3) is 4.20. The zero-order chi connectivity index (χ0) is 15.2. The van der Waals surface area contributed by atoms with Gasteiger partial charge in [0.1, 0.15) is 5.82 Å². The molecule has 2 aromatic rings. The fraction of sp³-hybridized carbons (Fsp3) is 0.188. The lowest BCUT2D eigenvalue weighted by atomic mass is 10.1. The highest BCUT2D eigenvalue weighted by Crippen LogP contribution is 2.16. The Balaban J connectivity index is 1.99. The number of rotatable bonds is 5. The van der Waals surface area contributed by atoms with Crippen molar-refractivity contribution in [2.75, 3.05) is 11.9 Å². The first kappa shape index (κ1) is 15.3. The van der Waals surface area contributed by atoms with E-state index in [4.69, 9.17) is 11.6 Å². The van der Waals surface area contributed by atoms with Crippen LogP contribution < -0.4 is 10.6 Å². The van der Waals surface area contributed by atoms with E-state index in [2.05, 4.69) is 10.6 Å². The molecule has 0 aliphatic carbocycles. The van der Waals surface area contributed by atoms with Crippen LogP contribution in [0.2, 0.25) is 5.02 Å². The van der Waals surface area contributed by atoms with Crippen molar-refractivity contribution in [2.24, 2.45) is 0 Å². The minimum Gasteiger partial charge on any atom is -0.381 e. The first-order valence-corrected chi connectivity index (χ1v) is 7.04. The van der Waals surface area contributed by atoms with E-state index < -0.39 is 0 Å². The second-order valence-electron chi connectivity index (χ2n) is 4.53. The highest BCUT2D eigenvalue weighted by Gasteiger charge is 2.05. The second-order valence-corrected chi connectivity index (χ2v) is 4.96. The van der Waals surface area contributed by atoms with Gasteiger partial charge in [-0.3, -0.25) is 4.79 Å². The molecule has 0 aliphatic rings. The molecule has 0 radical (unpaired) electrons. The molecule has 0 unspecified atom stereocenters. The summed E-state index contributed by atoms with van der Waals surface area (Å²) < 4.78 is 13.6. The minimum absolute atomic E-state index is 0.104. The van der Waals surface area contributed by atoms with Crippen LogP contribution in [-0.2, 0) is 6.54 Å². The number of anilines is 1. The number of benzene rings is 2. The first-order chi connectivity index (χ1) is 10.1. The fourth-order valence-electron chi connectivity index (χ4n) is 1.86. The summed E-state index contributed by atoms with van der Waals surface area (Å²) in [6.45, 7) is 2.81. The number of hydrogen-bond donors (Lipinski definition) is 2. The molecule has 1 amide bonds. The Morgan fingerprint density at radius 1 is 1.19 bits per heavy atom. The third-order valence-corrected chi connectivity index (χ3v) is 3.22. The van der Waals surface area contributed by atoms with Crippen LogP contribution in [-0.4, -0.2) is 12.5 Å². The molecule has 0 spiro atoms. The van der Waals surface area contributed by atoms with Crippen molar-refractivity contribution < 1.29 is 9.18 Å². The van der Waals surface area contributed by atoms with E-state index in [1.165, 1.54) is 6.07 Å². The van der Waals surface area contributed by atoms with Gasteiger partial charge in [0.25, 0.3) is 5.91 Å². The van der Waals surface area contributed by atoms with Crippen LogP contribution in [0.4, 0.5) is 10.1 Å². The highest BCUT2D eigenvalue weighted by atomic mass is 35.5. The summed E-state index contributed by atoms with van der Waals surface area (Å²) in [5, 5.41) is 6.21. The maximum atomic E-state index is 13.6. The van der Waals surface area contributed by atoms with Crippen molar-refractivity contribution in [1.29, 1.82) is 0 Å². The van der Waals surface area contributed by atoms with E-state index in [1.807, 2.05) is 6.92 Å². The van der Waals surface area contributed by atoms with Crippen molar-refractivity contribution in [1.82, 2.24) is 5.32 Å². The molecule has 2 aromatic carbocycles. The van der Waals surface area contributed by atoms with E-state index in [9.17, 15) is 9.18 Å². The van der Waals surface area contributed by atoms with Gasteiger partial charge in [-0.15, -0.1) is 0 Å². The molecular formula is C16H16ClFN2O. The summed E-state index contributed by atoms with van der Waals surface area (Å²) in [6, 6.07) is 11.6. The van der Waals surface area contributed by atoms with E-state index in [0.717, 1.165) is 5.69 Å². The minimum atomic E-state index is -0.339. The summed E-state index contributed by atoms with van der Waals surface area (Å²) >= 11 is 5.71. The van der Waals surface area contributed by atoms with Crippen LogP contribution in [0.1, 0.15) is 22.8 Å². The third-order valence-electron chi connectivity index (χ3n) is 2.98. The lowest BCUT2D eigenvalue weighted by Gasteiger charge is -2.09. The molecule has 2 rings (SSSR count). The molecule has 0 bridgehead atoms. The van der Waals surface area contributed by atoms with Gasteiger partial charge in [-0.1, -0.05) is 17.7 Å². The monoisotopic (exact) mass is 306 g/mol. The zero-order valence-corrected chi connectivity index (χ0v) is 12.4. The lowest BCUT2D eigenvalue weighted by molar-refractivity contribution is 0.0956. The van der Waals surface area contributed by atoms with Crippen molar-refractivity contribution in [2.45, 2.75) is 13.5 Å². The molecular weight excluding hydrogens is 291 g/mol. The standard InChI is InChI=1S/C16H16ClFN2O/c1-2-19-16(21)11-4-7-14(8-5-11)20-10-12-3-6-13(17)9-15(12)18/h3-9,20H,2,10H2,1H3,(H,19,21). The first-order valence-electron chi connectivity index (χ1n) is 6.66. The van der Waals surface area contributed by atoms with E-state index in [0.29, 0.717) is 29.2 Å². The molecule has 0 saturated heterocycles. The van der Waals surface area contributed by atoms with Gasteiger partial charge in [0.05, 0.1) is 0 Å². The summed E-state index contributed by atoms with van der Waals surface area (Å²) in [6.07, 6.45) is 0. The molecule has 21 heavy (non-hydrogen) atoms. The number of carbonyl (C=O) groups is 1. The summed E-state index contributed by atoms with van der Waals surface area (Å²) in [5.41, 5.74) is 1.95. The average Bonchev–Trinajstić information content (AvgIpc) is 2.47. The van der Waals surface area contributed by atoms with Gasteiger partial charge in [-0.05, 0) is 43.3 Å². The average molecular weight is 307 g/mol. The number of halogens is 2. The summed E-state index contributed by atoms with van der Waals surface area (Å²) in [5.74, 6) is -0.443. The van der Waals surface area contributed by atoms with E-state index >= 15 is 0 Å². The zero-order valence-electron chi connectivity index (χ0n) is 11.6. The molecule has 0 fully saturated rings. The Morgan fingerprint density at radius 2 is 1.90 bits per heavy atom. The topological polar surface area (TPSA) is 41.1 Å². The number of hydrogen-bond acceptors (Lipinski definition) is 2. The van der Waals surface area contributed by atoms with Crippen LogP contribution in [0.3, 0.4) is 0 Å². The fourth-order valence-corrected chi connectivity index (χ4v) is 2.02. The maximum absolute atomic E-state index is 13.6. The smallest absolute Gasteiger partial charge is 0.251 e. The Labute approximate surface area is 128 Å². The Morgan fingerprint density at radius 3 is 2.52 bits per heavy atom. The second kappa shape index (κ2) is 7.09. The van der Waals surface area contributed by atoms with Crippen LogP contribution >= 0.6 is 11.6 Å². The summed E-state index contributed by atoms with van der Waals surface area (Å²) in [7, 11) is 0. The molecule has 0 aliphatic heterocycles. The van der Waals surface area contributed by atoms with Crippen molar-refractivity contribution in [3.8, 4) is 0 Å². The largest absolute Gasteiger partial charge is 0.381 e. The maximum Gasteiger partial charge on any atom is 0.251 e. The number of amides is 1. The Kier molecular flexibility index (Phi) is 5.17. The molecule has 0 aromatic heterocycles. The van der Waals surface area contributed by atoms with Gasteiger partial charge in [-0.2, -0.15) is 0 Å². The van der Waals surface area contributed by atoms with Crippen LogP contribution in [0.15, 0.2) is 42.5 Å². The molecule has 2 N–H and O–H groups in total. The highest BCUT2D eigenvalue weighted by molar-refractivity contribution is 6.30. The lowest BCUT2D eigenvalue weighted by Crippen LogP contribution is -2.22. The van der Waals surface area contributed by atoms with Gasteiger partial charge in [0, 0.05) is 34.9 Å². The van der Waals surface area contributed by atoms with Crippen LogP contribution in [0, 0.1) is 5.82 Å². The van der Waals surface area contributed by atoms with Gasteiger partial charge < -0.3 is 10.6 Å². The van der Waals surface area contributed by atoms with Crippen molar-refractivity contribution in [3.05, 3.63) is 64.4 Å². The quantitative estimate of drug-likeness (QED) is 0.881. The molecule has 0 heterocycles. The Bertz CT molecular complexity index is 629. The molecule has 5 heteroatoms.